The second kappa shape index (κ2) is 4.13. The summed E-state index contributed by atoms with van der Waals surface area (Å²) in [6.45, 7) is 4.91. The smallest absolute Gasteiger partial charge is 0.226 e. The average Bonchev–Trinajstić information content (AvgIpc) is 2.48. The molecule has 2 nitrogen and oxygen atoms in total. The van der Waals surface area contributed by atoms with Gasteiger partial charge in [0.05, 0.1) is 0 Å². The number of nitrogens with zero attached hydrogens (tertiary/aromatic N) is 1. The predicted molar refractivity (Wildman–Crippen MR) is 50.3 cm³/mol. The highest BCUT2D eigenvalue weighted by Gasteiger charge is 2.27. The van der Waals surface area contributed by atoms with E-state index in [0.717, 1.165) is 19.4 Å². The first-order valence-corrected chi connectivity index (χ1v) is 5.06. The van der Waals surface area contributed by atoms with Crippen molar-refractivity contribution in [3.8, 4) is 0 Å². The van der Waals surface area contributed by atoms with Crippen molar-refractivity contribution in [2.24, 2.45) is 5.92 Å². The van der Waals surface area contributed by atoms with Crippen LogP contribution in [0.5, 0.6) is 0 Å². The van der Waals surface area contributed by atoms with Gasteiger partial charge in [-0.25, -0.2) is 0 Å². The van der Waals surface area contributed by atoms with Crippen LogP contribution in [0.3, 0.4) is 0 Å². The van der Waals surface area contributed by atoms with E-state index in [1.807, 2.05) is 11.8 Å². The molecule has 1 aliphatic heterocycles. The molecule has 0 aromatic carbocycles. The Morgan fingerprint density at radius 3 is 2.83 bits per heavy atom. The molecule has 1 aliphatic rings. The van der Waals surface area contributed by atoms with Gasteiger partial charge >= 0.3 is 0 Å². The number of carbonyl (C=O) groups is 1. The summed E-state index contributed by atoms with van der Waals surface area (Å²) in [6, 6.07) is 0.420. The normalized spacial score (nSPS) is 25.9. The molecule has 0 bridgehead atoms. The number of likely N-dealkylation sites (tertiary alicyclic amines) is 1. The summed E-state index contributed by atoms with van der Waals surface area (Å²) < 4.78 is 0. The highest BCUT2D eigenvalue weighted by molar-refractivity contribution is 6.19. The van der Waals surface area contributed by atoms with E-state index < -0.39 is 0 Å². The molecule has 0 N–H and O–H groups in total. The maximum atomic E-state index is 11.6. The Bertz CT molecular complexity index is 172. The fourth-order valence-electron chi connectivity index (χ4n) is 1.61. The minimum Gasteiger partial charge on any atom is -0.340 e. The maximum Gasteiger partial charge on any atom is 0.226 e. The molecule has 3 heteroatoms. The number of halogens is 1. The number of amides is 1. The number of carbonyl (C=O) groups excluding carboxylic acids is 1. The van der Waals surface area contributed by atoms with Gasteiger partial charge in [-0.15, -0.1) is 11.6 Å². The Labute approximate surface area is 78.9 Å². The van der Waals surface area contributed by atoms with Gasteiger partial charge in [-0.2, -0.15) is 0 Å². The maximum absolute atomic E-state index is 11.6. The van der Waals surface area contributed by atoms with Crippen LogP contribution in [-0.4, -0.2) is 29.3 Å². The van der Waals surface area contributed by atoms with Gasteiger partial charge in [0.15, 0.2) is 0 Å². The summed E-state index contributed by atoms with van der Waals surface area (Å²) in [5, 5.41) is 0. The lowest BCUT2D eigenvalue weighted by Gasteiger charge is -2.23. The SMILES string of the molecule is CC(CCl)C(=O)N1CCCC1C. The summed E-state index contributed by atoms with van der Waals surface area (Å²) in [5.41, 5.74) is 0. The Hall–Kier alpha value is -0.240. The molecule has 12 heavy (non-hydrogen) atoms. The Balaban J connectivity index is 2.51. The van der Waals surface area contributed by atoms with E-state index in [1.165, 1.54) is 0 Å². The van der Waals surface area contributed by atoms with Crippen molar-refractivity contribution in [3.63, 3.8) is 0 Å². The molecular weight excluding hydrogens is 174 g/mol. The lowest BCUT2D eigenvalue weighted by molar-refractivity contribution is -0.134. The van der Waals surface area contributed by atoms with Gasteiger partial charge in [0.2, 0.25) is 5.91 Å². The molecule has 1 rings (SSSR count). The number of hydrogen-bond donors (Lipinski definition) is 0. The van der Waals surface area contributed by atoms with Crippen molar-refractivity contribution in [3.05, 3.63) is 0 Å². The molecule has 0 aromatic heterocycles. The van der Waals surface area contributed by atoms with E-state index in [1.54, 1.807) is 0 Å². The summed E-state index contributed by atoms with van der Waals surface area (Å²) in [5.74, 6) is 0.629. The van der Waals surface area contributed by atoms with Crippen LogP contribution in [0, 0.1) is 5.92 Å². The summed E-state index contributed by atoms with van der Waals surface area (Å²) in [6.07, 6.45) is 2.28. The van der Waals surface area contributed by atoms with Gasteiger partial charge in [0.25, 0.3) is 0 Å². The van der Waals surface area contributed by atoms with E-state index in [9.17, 15) is 4.79 Å². The van der Waals surface area contributed by atoms with E-state index in [4.69, 9.17) is 11.6 Å². The minimum atomic E-state index is -0.0211. The zero-order chi connectivity index (χ0) is 9.14. The second-order valence-corrected chi connectivity index (χ2v) is 3.89. The molecule has 0 aromatic rings. The standard InChI is InChI=1S/C9H16ClNO/c1-7(6-10)9(12)11-5-3-4-8(11)2/h7-8H,3-6H2,1-2H3. The minimum absolute atomic E-state index is 0.0211. The zero-order valence-electron chi connectivity index (χ0n) is 7.72. The molecule has 0 spiro atoms. The Morgan fingerprint density at radius 1 is 1.75 bits per heavy atom. The highest BCUT2D eigenvalue weighted by Crippen LogP contribution is 2.19. The zero-order valence-corrected chi connectivity index (χ0v) is 8.47. The molecule has 1 fully saturated rings. The fourth-order valence-corrected chi connectivity index (χ4v) is 1.74. The van der Waals surface area contributed by atoms with E-state index >= 15 is 0 Å². The van der Waals surface area contributed by atoms with Crippen LogP contribution in [-0.2, 0) is 4.79 Å². The first-order chi connectivity index (χ1) is 5.66. The van der Waals surface area contributed by atoms with Crippen molar-refractivity contribution < 1.29 is 4.79 Å². The fraction of sp³-hybridized carbons (Fsp3) is 0.889. The van der Waals surface area contributed by atoms with Gasteiger partial charge in [0, 0.05) is 24.4 Å². The van der Waals surface area contributed by atoms with Gasteiger partial charge in [-0.1, -0.05) is 6.92 Å². The number of alkyl halides is 1. The number of rotatable bonds is 2. The van der Waals surface area contributed by atoms with Crippen molar-refractivity contribution in [1.82, 2.24) is 4.90 Å². The third-order valence-electron chi connectivity index (χ3n) is 2.49. The third kappa shape index (κ3) is 1.92. The van der Waals surface area contributed by atoms with Gasteiger partial charge in [0.1, 0.15) is 0 Å². The molecule has 2 unspecified atom stereocenters. The molecule has 1 heterocycles. The third-order valence-corrected chi connectivity index (χ3v) is 2.95. The van der Waals surface area contributed by atoms with Crippen molar-refractivity contribution in [2.75, 3.05) is 12.4 Å². The molecule has 0 aliphatic carbocycles. The van der Waals surface area contributed by atoms with Gasteiger partial charge in [-0.05, 0) is 19.8 Å². The lowest BCUT2D eigenvalue weighted by atomic mass is 10.1. The van der Waals surface area contributed by atoms with Crippen LogP contribution < -0.4 is 0 Å². The van der Waals surface area contributed by atoms with Crippen molar-refractivity contribution >= 4 is 17.5 Å². The summed E-state index contributed by atoms with van der Waals surface area (Å²) in [7, 11) is 0. The summed E-state index contributed by atoms with van der Waals surface area (Å²) in [4.78, 5) is 13.6. The second-order valence-electron chi connectivity index (χ2n) is 3.58. The molecule has 1 amide bonds. The van der Waals surface area contributed by atoms with Crippen molar-refractivity contribution in [1.29, 1.82) is 0 Å². The van der Waals surface area contributed by atoms with Crippen LogP contribution in [0.15, 0.2) is 0 Å². The molecule has 2 atom stereocenters. The predicted octanol–water partition coefficient (Wildman–Crippen LogP) is 1.87. The van der Waals surface area contributed by atoms with Crippen LogP contribution in [0.4, 0.5) is 0 Å². The monoisotopic (exact) mass is 189 g/mol. The van der Waals surface area contributed by atoms with E-state index in [2.05, 4.69) is 6.92 Å². The van der Waals surface area contributed by atoms with Crippen molar-refractivity contribution in [2.45, 2.75) is 32.7 Å². The summed E-state index contributed by atoms with van der Waals surface area (Å²) >= 11 is 5.63. The first kappa shape index (κ1) is 9.85. The van der Waals surface area contributed by atoms with E-state index in [-0.39, 0.29) is 11.8 Å². The average molecular weight is 190 g/mol. The van der Waals surface area contributed by atoms with Crippen LogP contribution in [0.25, 0.3) is 0 Å². The first-order valence-electron chi connectivity index (χ1n) is 4.53. The Morgan fingerprint density at radius 2 is 2.42 bits per heavy atom. The lowest BCUT2D eigenvalue weighted by Crippen LogP contribution is -2.37. The molecular formula is C9H16ClNO. The molecule has 0 saturated carbocycles. The number of hydrogen-bond acceptors (Lipinski definition) is 1. The van der Waals surface area contributed by atoms with Gasteiger partial charge in [-0.3, -0.25) is 4.79 Å². The Kier molecular flexibility index (Phi) is 3.39. The molecule has 70 valence electrons. The molecule has 0 radical (unpaired) electrons. The van der Waals surface area contributed by atoms with Crippen LogP contribution >= 0.6 is 11.6 Å². The van der Waals surface area contributed by atoms with Crippen LogP contribution in [0.2, 0.25) is 0 Å². The largest absolute Gasteiger partial charge is 0.340 e. The topological polar surface area (TPSA) is 20.3 Å². The highest BCUT2D eigenvalue weighted by atomic mass is 35.5. The quantitative estimate of drug-likeness (QED) is 0.608. The van der Waals surface area contributed by atoms with E-state index in [0.29, 0.717) is 11.9 Å². The molecule has 1 saturated heterocycles. The van der Waals surface area contributed by atoms with Crippen LogP contribution in [0.1, 0.15) is 26.7 Å². The van der Waals surface area contributed by atoms with Gasteiger partial charge < -0.3 is 4.90 Å².